The fourth-order valence-corrected chi connectivity index (χ4v) is 2.57. The highest BCUT2D eigenvalue weighted by molar-refractivity contribution is 6.37. The molecule has 0 radical (unpaired) electrons. The molecule has 2 N–H and O–H groups in total. The number of benzene rings is 1. The maximum absolute atomic E-state index is 6.17. The Morgan fingerprint density at radius 1 is 1.05 bits per heavy atom. The van der Waals surface area contributed by atoms with Gasteiger partial charge in [-0.3, -0.25) is 0 Å². The Morgan fingerprint density at radius 2 is 1.76 bits per heavy atom. The molecule has 1 aromatic heterocycles. The van der Waals surface area contributed by atoms with Gasteiger partial charge < -0.3 is 10.6 Å². The van der Waals surface area contributed by atoms with Gasteiger partial charge in [0.05, 0.1) is 10.0 Å². The van der Waals surface area contributed by atoms with Crippen LogP contribution in [0.1, 0.15) is 18.1 Å². The predicted octanol–water partition coefficient (Wildman–Crippen LogP) is 4.78. The van der Waals surface area contributed by atoms with E-state index in [-0.39, 0.29) is 0 Å². The summed E-state index contributed by atoms with van der Waals surface area (Å²) >= 11 is 12.3. The summed E-state index contributed by atoms with van der Waals surface area (Å²) in [4.78, 5) is 4.42. The largest absolute Gasteiger partial charge is 0.369 e. The van der Waals surface area contributed by atoms with Crippen molar-refractivity contribution in [2.45, 2.75) is 20.3 Å². The third-order valence-corrected chi connectivity index (χ3v) is 3.64. The molecule has 2 rings (SSSR count). The van der Waals surface area contributed by atoms with Crippen LogP contribution in [0.4, 0.5) is 11.6 Å². The van der Waals surface area contributed by atoms with E-state index in [0.717, 1.165) is 19.5 Å². The molecule has 0 saturated carbocycles. The van der Waals surface area contributed by atoms with Crippen molar-refractivity contribution in [3.63, 3.8) is 0 Å². The van der Waals surface area contributed by atoms with E-state index in [0.29, 0.717) is 21.7 Å². The lowest BCUT2D eigenvalue weighted by atomic mass is 10.1. The Hall–Kier alpha value is -1.45. The fraction of sp³-hybridized carbons (Fsp3) is 0.312. The molecule has 21 heavy (non-hydrogen) atoms. The summed E-state index contributed by atoms with van der Waals surface area (Å²) in [5, 5.41) is 7.45. The average Bonchev–Trinajstić information content (AvgIpc) is 2.44. The van der Waals surface area contributed by atoms with Gasteiger partial charge in [-0.2, -0.15) is 0 Å². The molecule has 0 spiro atoms. The monoisotopic (exact) mass is 323 g/mol. The Balaban J connectivity index is 2.01. The minimum atomic E-state index is 0.533. The van der Waals surface area contributed by atoms with Crippen molar-refractivity contribution < 1.29 is 0 Å². The standard InChI is InChI=1S/C16H19Cl2N3/c1-3-19-15-13(17)10-14(18)16(21-15)20-8-7-12-6-4-5-11(2)9-12/h4-6,9-10H,3,7-8H2,1-2H3,(H2,19,20,21). The summed E-state index contributed by atoms with van der Waals surface area (Å²) in [6.45, 7) is 5.62. The molecule has 0 atom stereocenters. The van der Waals surface area contributed by atoms with Crippen LogP contribution in [0, 0.1) is 6.92 Å². The third kappa shape index (κ3) is 4.51. The van der Waals surface area contributed by atoms with Gasteiger partial charge in [-0.1, -0.05) is 53.0 Å². The van der Waals surface area contributed by atoms with Gasteiger partial charge in [-0.25, -0.2) is 4.98 Å². The first-order valence-corrected chi connectivity index (χ1v) is 7.75. The fourth-order valence-electron chi connectivity index (χ4n) is 2.07. The molecule has 0 aliphatic rings. The van der Waals surface area contributed by atoms with E-state index in [1.807, 2.05) is 6.92 Å². The summed E-state index contributed by atoms with van der Waals surface area (Å²) in [7, 11) is 0. The van der Waals surface area contributed by atoms with Crippen molar-refractivity contribution in [3.8, 4) is 0 Å². The second-order valence-corrected chi connectivity index (χ2v) is 5.66. The molecule has 1 heterocycles. The molecule has 0 bridgehead atoms. The zero-order valence-electron chi connectivity index (χ0n) is 12.2. The molecule has 0 fully saturated rings. The summed E-state index contributed by atoms with van der Waals surface area (Å²) in [5.41, 5.74) is 2.56. The minimum absolute atomic E-state index is 0.533. The van der Waals surface area contributed by atoms with Gasteiger partial charge in [0.1, 0.15) is 11.6 Å². The molecule has 0 unspecified atom stereocenters. The van der Waals surface area contributed by atoms with Crippen molar-refractivity contribution in [2.24, 2.45) is 0 Å². The predicted molar refractivity (Wildman–Crippen MR) is 91.8 cm³/mol. The first kappa shape index (κ1) is 15.9. The number of hydrogen-bond donors (Lipinski definition) is 2. The zero-order valence-corrected chi connectivity index (χ0v) is 13.7. The Labute approximate surface area is 135 Å². The second-order valence-electron chi connectivity index (χ2n) is 4.85. The number of pyridine rings is 1. The van der Waals surface area contributed by atoms with Crippen LogP contribution >= 0.6 is 23.2 Å². The quantitative estimate of drug-likeness (QED) is 0.803. The molecule has 5 heteroatoms. The summed E-state index contributed by atoms with van der Waals surface area (Å²) in [6.07, 6.45) is 0.916. The van der Waals surface area contributed by atoms with Crippen molar-refractivity contribution in [1.82, 2.24) is 4.98 Å². The number of aromatic nitrogens is 1. The number of aryl methyl sites for hydroxylation is 1. The van der Waals surface area contributed by atoms with E-state index in [1.165, 1.54) is 11.1 Å². The first-order valence-electron chi connectivity index (χ1n) is 6.99. The minimum Gasteiger partial charge on any atom is -0.369 e. The van der Waals surface area contributed by atoms with Gasteiger partial charge in [-0.05, 0) is 31.9 Å². The van der Waals surface area contributed by atoms with Crippen molar-refractivity contribution in [3.05, 3.63) is 51.5 Å². The van der Waals surface area contributed by atoms with E-state index in [1.54, 1.807) is 6.07 Å². The molecular formula is C16H19Cl2N3. The molecule has 112 valence electrons. The maximum atomic E-state index is 6.17. The SMILES string of the molecule is CCNc1nc(NCCc2cccc(C)c2)c(Cl)cc1Cl. The molecule has 0 amide bonds. The Morgan fingerprint density at radius 3 is 2.43 bits per heavy atom. The Bertz CT molecular complexity index is 614. The summed E-state index contributed by atoms with van der Waals surface area (Å²) in [5.74, 6) is 1.31. The van der Waals surface area contributed by atoms with Gasteiger partial charge in [0.15, 0.2) is 0 Å². The van der Waals surface area contributed by atoms with Gasteiger partial charge in [0.25, 0.3) is 0 Å². The van der Waals surface area contributed by atoms with Gasteiger partial charge >= 0.3 is 0 Å². The topological polar surface area (TPSA) is 37.0 Å². The normalized spacial score (nSPS) is 10.5. The van der Waals surface area contributed by atoms with Crippen LogP contribution in [0.2, 0.25) is 10.0 Å². The van der Waals surface area contributed by atoms with Crippen LogP contribution in [0.25, 0.3) is 0 Å². The average molecular weight is 324 g/mol. The number of anilines is 2. The second kappa shape index (κ2) is 7.53. The number of nitrogens with zero attached hydrogens (tertiary/aromatic N) is 1. The maximum Gasteiger partial charge on any atom is 0.147 e. The zero-order chi connectivity index (χ0) is 15.2. The van der Waals surface area contributed by atoms with Crippen molar-refractivity contribution in [1.29, 1.82) is 0 Å². The van der Waals surface area contributed by atoms with Crippen molar-refractivity contribution >= 4 is 34.8 Å². The molecule has 0 aliphatic heterocycles. The molecule has 0 aliphatic carbocycles. The number of hydrogen-bond acceptors (Lipinski definition) is 3. The lowest BCUT2D eigenvalue weighted by molar-refractivity contribution is 1.00. The van der Waals surface area contributed by atoms with Gasteiger partial charge in [0.2, 0.25) is 0 Å². The Kier molecular flexibility index (Phi) is 5.71. The number of nitrogens with one attached hydrogen (secondary N) is 2. The molecule has 0 saturated heterocycles. The third-order valence-electron chi connectivity index (χ3n) is 3.06. The van der Waals surface area contributed by atoms with Crippen LogP contribution in [-0.2, 0) is 6.42 Å². The first-order chi connectivity index (χ1) is 10.1. The summed E-state index contributed by atoms with van der Waals surface area (Å²) < 4.78 is 0. The highest BCUT2D eigenvalue weighted by Crippen LogP contribution is 2.29. The number of rotatable bonds is 6. The van der Waals surface area contributed by atoms with E-state index >= 15 is 0 Å². The van der Waals surface area contributed by atoms with E-state index in [4.69, 9.17) is 23.2 Å². The van der Waals surface area contributed by atoms with Crippen LogP contribution in [0.3, 0.4) is 0 Å². The van der Waals surface area contributed by atoms with Crippen molar-refractivity contribution in [2.75, 3.05) is 23.7 Å². The van der Waals surface area contributed by atoms with Crippen LogP contribution in [-0.4, -0.2) is 18.1 Å². The molecule has 2 aromatic rings. The highest BCUT2D eigenvalue weighted by Gasteiger charge is 2.08. The molecular weight excluding hydrogens is 305 g/mol. The smallest absolute Gasteiger partial charge is 0.147 e. The number of halogens is 2. The lowest BCUT2D eigenvalue weighted by Gasteiger charge is -2.12. The van der Waals surface area contributed by atoms with E-state index in [2.05, 4.69) is 46.8 Å². The van der Waals surface area contributed by atoms with Gasteiger partial charge in [-0.15, -0.1) is 0 Å². The van der Waals surface area contributed by atoms with Crippen LogP contribution in [0.5, 0.6) is 0 Å². The molecule has 1 aromatic carbocycles. The van der Waals surface area contributed by atoms with Crippen LogP contribution in [0.15, 0.2) is 30.3 Å². The summed E-state index contributed by atoms with van der Waals surface area (Å²) in [6, 6.07) is 10.2. The van der Waals surface area contributed by atoms with Gasteiger partial charge in [0, 0.05) is 13.1 Å². The van der Waals surface area contributed by atoms with E-state index in [9.17, 15) is 0 Å². The molecule has 3 nitrogen and oxygen atoms in total. The van der Waals surface area contributed by atoms with Crippen LogP contribution < -0.4 is 10.6 Å². The lowest BCUT2D eigenvalue weighted by Crippen LogP contribution is -2.09. The van der Waals surface area contributed by atoms with E-state index < -0.39 is 0 Å². The highest BCUT2D eigenvalue weighted by atomic mass is 35.5.